The maximum Gasteiger partial charge on any atom is 0.114 e. The van der Waals surface area contributed by atoms with Gasteiger partial charge in [0, 0.05) is 23.5 Å². The number of nitriles is 1. The Kier molecular flexibility index (Phi) is 4.99. The Labute approximate surface area is 142 Å². The van der Waals surface area contributed by atoms with E-state index in [0.717, 1.165) is 41.9 Å². The topological polar surface area (TPSA) is 81.8 Å². The smallest absolute Gasteiger partial charge is 0.114 e. The first-order chi connectivity index (χ1) is 11.8. The fourth-order valence-corrected chi connectivity index (χ4v) is 3.49. The molecule has 6 nitrogen and oxygen atoms in total. The Morgan fingerprint density at radius 2 is 2.29 bits per heavy atom. The summed E-state index contributed by atoms with van der Waals surface area (Å²) in [5.74, 6) is 1.47. The van der Waals surface area contributed by atoms with Crippen molar-refractivity contribution < 1.29 is 0 Å². The van der Waals surface area contributed by atoms with Crippen LogP contribution in [0.25, 0.3) is 0 Å². The van der Waals surface area contributed by atoms with Crippen LogP contribution in [0.5, 0.6) is 0 Å². The Balaban J connectivity index is 1.89. The van der Waals surface area contributed by atoms with Crippen LogP contribution >= 0.6 is 0 Å². The van der Waals surface area contributed by atoms with Crippen molar-refractivity contribution in [3.63, 3.8) is 0 Å². The van der Waals surface area contributed by atoms with Crippen LogP contribution in [-0.4, -0.2) is 27.1 Å². The average Bonchev–Trinajstić information content (AvgIpc) is 3.26. The summed E-state index contributed by atoms with van der Waals surface area (Å²) in [6.45, 7) is 4.94. The van der Waals surface area contributed by atoms with Gasteiger partial charge in [-0.3, -0.25) is 9.67 Å². The molecule has 0 amide bonds. The lowest BCUT2D eigenvalue weighted by Crippen LogP contribution is -2.20. The zero-order chi connectivity index (χ0) is 16.9. The molecule has 0 aromatic carbocycles. The molecule has 24 heavy (non-hydrogen) atoms. The minimum Gasteiger partial charge on any atom is -0.352 e. The molecule has 1 unspecified atom stereocenters. The lowest BCUT2D eigenvalue weighted by molar-refractivity contribution is 0.282. The standard InChI is InChI=1S/C18H24N6/c1-3-5-13(4-2)16(6-8-19)24-11-14(10-23-24)17-15-7-9-20-18(15)22-12-21-17/h7,9-11,13,16,20,22H,3-6,12H2,1-2H3/t13?,16-/m1/s1. The third kappa shape index (κ3) is 3.07. The minimum absolute atomic E-state index is 0.127. The van der Waals surface area contributed by atoms with E-state index in [4.69, 9.17) is 0 Å². The predicted octanol–water partition coefficient (Wildman–Crippen LogP) is 3.71. The number of fused-ring (bicyclic) bond motifs is 1. The van der Waals surface area contributed by atoms with Crippen molar-refractivity contribution >= 4 is 11.5 Å². The summed E-state index contributed by atoms with van der Waals surface area (Å²) in [6.07, 6.45) is 9.61. The normalized spacial score (nSPS) is 15.8. The third-order valence-corrected chi connectivity index (χ3v) is 4.74. The van der Waals surface area contributed by atoms with Gasteiger partial charge in [-0.1, -0.05) is 26.7 Å². The lowest BCUT2D eigenvalue weighted by atomic mass is 9.90. The number of hydrogen-bond donors (Lipinski definition) is 2. The lowest BCUT2D eigenvalue weighted by Gasteiger charge is -2.24. The number of nitrogens with one attached hydrogen (secondary N) is 2. The highest BCUT2D eigenvalue weighted by Crippen LogP contribution is 2.29. The van der Waals surface area contributed by atoms with Crippen molar-refractivity contribution in [1.82, 2.24) is 14.8 Å². The molecule has 126 valence electrons. The molecule has 2 aromatic heterocycles. The van der Waals surface area contributed by atoms with Crippen LogP contribution in [0.2, 0.25) is 0 Å². The molecule has 1 aliphatic heterocycles. The van der Waals surface area contributed by atoms with Crippen molar-refractivity contribution in [3.8, 4) is 6.07 Å². The highest BCUT2D eigenvalue weighted by atomic mass is 15.3. The fraction of sp³-hybridized carbons (Fsp3) is 0.500. The summed E-state index contributed by atoms with van der Waals surface area (Å²) in [6, 6.07) is 4.48. The van der Waals surface area contributed by atoms with Crippen LogP contribution in [-0.2, 0) is 0 Å². The Hall–Kier alpha value is -2.55. The Morgan fingerprint density at radius 3 is 3.04 bits per heavy atom. The van der Waals surface area contributed by atoms with E-state index >= 15 is 0 Å². The zero-order valence-corrected chi connectivity index (χ0v) is 14.3. The molecule has 1 aliphatic rings. The van der Waals surface area contributed by atoms with Crippen molar-refractivity contribution in [2.45, 2.75) is 45.6 Å². The van der Waals surface area contributed by atoms with E-state index in [9.17, 15) is 5.26 Å². The second-order valence-electron chi connectivity index (χ2n) is 6.20. The van der Waals surface area contributed by atoms with E-state index in [1.54, 1.807) is 0 Å². The number of hydrogen-bond acceptors (Lipinski definition) is 4. The van der Waals surface area contributed by atoms with Crippen LogP contribution in [0.1, 0.15) is 56.7 Å². The molecule has 2 atom stereocenters. The minimum atomic E-state index is 0.127. The maximum atomic E-state index is 9.24. The molecule has 2 N–H and O–H groups in total. The van der Waals surface area contributed by atoms with Gasteiger partial charge in [-0.05, 0) is 18.4 Å². The van der Waals surface area contributed by atoms with Crippen LogP contribution in [0.4, 0.5) is 5.82 Å². The van der Waals surface area contributed by atoms with Crippen LogP contribution in [0, 0.1) is 17.2 Å². The predicted molar refractivity (Wildman–Crippen MR) is 95.1 cm³/mol. The van der Waals surface area contributed by atoms with Gasteiger partial charge in [0.05, 0.1) is 30.4 Å². The molecule has 0 spiro atoms. The molecule has 3 heterocycles. The number of nitrogens with zero attached hydrogens (tertiary/aromatic N) is 4. The number of anilines is 1. The van der Waals surface area contributed by atoms with Crippen LogP contribution in [0.15, 0.2) is 29.6 Å². The first-order valence-corrected chi connectivity index (χ1v) is 8.66. The summed E-state index contributed by atoms with van der Waals surface area (Å²) >= 11 is 0. The number of aromatic amines is 1. The molecule has 0 bridgehead atoms. The maximum absolute atomic E-state index is 9.24. The van der Waals surface area contributed by atoms with E-state index in [1.807, 2.05) is 29.3 Å². The molecule has 6 heteroatoms. The van der Waals surface area contributed by atoms with Gasteiger partial charge in [0.25, 0.3) is 0 Å². The first-order valence-electron chi connectivity index (χ1n) is 8.66. The zero-order valence-electron chi connectivity index (χ0n) is 14.3. The monoisotopic (exact) mass is 324 g/mol. The van der Waals surface area contributed by atoms with E-state index in [2.05, 4.69) is 40.3 Å². The van der Waals surface area contributed by atoms with E-state index in [1.165, 1.54) is 0 Å². The first kappa shape index (κ1) is 16.3. The molecular weight excluding hydrogens is 300 g/mol. The van der Waals surface area contributed by atoms with Gasteiger partial charge in [-0.15, -0.1) is 0 Å². The molecule has 0 fully saturated rings. The van der Waals surface area contributed by atoms with Crippen molar-refractivity contribution in [1.29, 1.82) is 5.26 Å². The summed E-state index contributed by atoms with van der Waals surface area (Å²) in [5.41, 5.74) is 3.03. The number of rotatable bonds is 7. The van der Waals surface area contributed by atoms with E-state index in [0.29, 0.717) is 19.0 Å². The summed E-state index contributed by atoms with van der Waals surface area (Å²) < 4.78 is 1.97. The number of H-pyrrole nitrogens is 1. The fourth-order valence-electron chi connectivity index (χ4n) is 3.49. The van der Waals surface area contributed by atoms with Gasteiger partial charge in [0.2, 0.25) is 0 Å². The quantitative estimate of drug-likeness (QED) is 0.814. The van der Waals surface area contributed by atoms with Gasteiger partial charge in [0.15, 0.2) is 0 Å². The summed E-state index contributed by atoms with van der Waals surface area (Å²) in [4.78, 5) is 7.79. The molecule has 0 saturated carbocycles. The summed E-state index contributed by atoms with van der Waals surface area (Å²) in [7, 11) is 0. The molecule has 3 rings (SSSR count). The van der Waals surface area contributed by atoms with Gasteiger partial charge in [-0.2, -0.15) is 10.4 Å². The average molecular weight is 324 g/mol. The van der Waals surface area contributed by atoms with Crippen molar-refractivity contribution in [2.75, 3.05) is 12.0 Å². The van der Waals surface area contributed by atoms with Gasteiger partial charge in [0.1, 0.15) is 12.5 Å². The van der Waals surface area contributed by atoms with Gasteiger partial charge >= 0.3 is 0 Å². The highest BCUT2D eigenvalue weighted by molar-refractivity contribution is 6.16. The molecular formula is C18H24N6. The molecule has 2 aromatic rings. The second kappa shape index (κ2) is 7.35. The van der Waals surface area contributed by atoms with E-state index in [-0.39, 0.29) is 6.04 Å². The Morgan fingerprint density at radius 1 is 1.42 bits per heavy atom. The molecule has 0 saturated heterocycles. The van der Waals surface area contributed by atoms with Gasteiger partial charge < -0.3 is 10.3 Å². The number of aliphatic imine (C=N–C) groups is 1. The number of aromatic nitrogens is 3. The van der Waals surface area contributed by atoms with Crippen molar-refractivity contribution in [2.24, 2.45) is 10.9 Å². The molecule has 0 aliphatic carbocycles. The highest BCUT2D eigenvalue weighted by Gasteiger charge is 2.24. The Bertz CT molecular complexity index is 748. The largest absolute Gasteiger partial charge is 0.352 e. The van der Waals surface area contributed by atoms with Crippen LogP contribution < -0.4 is 5.32 Å². The van der Waals surface area contributed by atoms with Gasteiger partial charge in [-0.25, -0.2) is 0 Å². The van der Waals surface area contributed by atoms with E-state index < -0.39 is 0 Å². The molecule has 0 radical (unpaired) electrons. The summed E-state index contributed by atoms with van der Waals surface area (Å²) in [5, 5.41) is 17.0. The SMILES string of the molecule is CCCC(CC)[C@@H](CC#N)n1cc(C2=NCNc3[nH]ccc32)cn1. The van der Waals surface area contributed by atoms with Crippen LogP contribution in [0.3, 0.4) is 0 Å². The second-order valence-corrected chi connectivity index (χ2v) is 6.20. The third-order valence-electron chi connectivity index (χ3n) is 4.74. The van der Waals surface area contributed by atoms with Crippen molar-refractivity contribution in [3.05, 3.63) is 35.8 Å².